The fourth-order valence-corrected chi connectivity index (χ4v) is 4.42. The molecule has 1 saturated heterocycles. The van der Waals surface area contributed by atoms with Gasteiger partial charge in [0, 0.05) is 38.0 Å². The van der Waals surface area contributed by atoms with Gasteiger partial charge in [-0.1, -0.05) is 39.8 Å². The summed E-state index contributed by atoms with van der Waals surface area (Å²) in [4.78, 5) is 86.0. The summed E-state index contributed by atoms with van der Waals surface area (Å²) in [6.07, 6.45) is -0.748. The number of carbonyl (C=O) groups excluding carboxylic acids is 7. The summed E-state index contributed by atoms with van der Waals surface area (Å²) < 4.78 is 20.9. The maximum absolute atomic E-state index is 13.0. The van der Waals surface area contributed by atoms with Crippen molar-refractivity contribution in [2.45, 2.75) is 72.6 Å². The van der Waals surface area contributed by atoms with Crippen LogP contribution < -0.4 is 26.6 Å². The molecule has 1 heterocycles. The third-order valence-electron chi connectivity index (χ3n) is 7.28. The highest BCUT2D eigenvalue weighted by atomic mass is 16.6. The summed E-state index contributed by atoms with van der Waals surface area (Å²) in [7, 11) is 0. The summed E-state index contributed by atoms with van der Waals surface area (Å²) in [6, 6.07) is 4.79. The number of nitrogens with zero attached hydrogens (tertiary/aromatic N) is 1. The van der Waals surface area contributed by atoms with Gasteiger partial charge < -0.3 is 45.5 Å². The molecule has 7 amide bonds. The Bertz CT molecular complexity index is 1310. The number of benzene rings is 1. The Morgan fingerprint density at radius 1 is 0.745 bits per heavy atom. The zero-order valence-electron chi connectivity index (χ0n) is 30.0. The van der Waals surface area contributed by atoms with Gasteiger partial charge in [0.05, 0.1) is 39.6 Å². The molecular formula is C34H52N6O11. The molecule has 17 nitrogen and oxygen atoms in total. The lowest BCUT2D eigenvalue weighted by Gasteiger charge is -2.24. The van der Waals surface area contributed by atoms with Crippen LogP contribution in [0.3, 0.4) is 0 Å². The Hall–Kier alpha value is -4.77. The topological polar surface area (TPSA) is 220 Å². The van der Waals surface area contributed by atoms with Crippen LogP contribution in [0.4, 0.5) is 15.3 Å². The van der Waals surface area contributed by atoms with E-state index >= 15 is 0 Å². The molecule has 1 aliphatic rings. The van der Waals surface area contributed by atoms with Gasteiger partial charge in [-0.25, -0.2) is 9.59 Å². The van der Waals surface area contributed by atoms with Gasteiger partial charge in [0.2, 0.25) is 29.5 Å². The third-order valence-corrected chi connectivity index (χ3v) is 7.28. The zero-order valence-corrected chi connectivity index (χ0v) is 30.0. The molecule has 0 radical (unpaired) electrons. The minimum atomic E-state index is -0.918. The van der Waals surface area contributed by atoms with E-state index in [2.05, 4.69) is 26.6 Å². The average Bonchev–Trinajstić information content (AvgIpc) is 3.41. The van der Waals surface area contributed by atoms with Crippen molar-refractivity contribution in [2.75, 3.05) is 58.0 Å². The predicted molar refractivity (Wildman–Crippen MR) is 184 cm³/mol. The summed E-state index contributed by atoms with van der Waals surface area (Å²) in [5, 5.41) is 13.1. The van der Waals surface area contributed by atoms with Crippen LogP contribution in [-0.4, -0.2) is 111 Å². The van der Waals surface area contributed by atoms with Gasteiger partial charge >= 0.3 is 12.2 Å². The maximum atomic E-state index is 13.0. The van der Waals surface area contributed by atoms with E-state index in [1.54, 1.807) is 38.1 Å². The fourth-order valence-electron chi connectivity index (χ4n) is 4.42. The number of nitrogens with one attached hydrogen (secondary N) is 5. The van der Waals surface area contributed by atoms with Crippen LogP contribution in [0.15, 0.2) is 24.3 Å². The van der Waals surface area contributed by atoms with Crippen molar-refractivity contribution < 1.29 is 52.5 Å². The Morgan fingerprint density at radius 2 is 1.33 bits per heavy atom. The van der Waals surface area contributed by atoms with E-state index in [4.69, 9.17) is 18.9 Å². The Balaban J connectivity index is 1.63. The molecule has 1 aromatic rings. The van der Waals surface area contributed by atoms with Crippen molar-refractivity contribution in [3.05, 3.63) is 29.8 Å². The number of hydrogen-bond acceptors (Lipinski definition) is 11. The molecule has 1 aromatic carbocycles. The molecule has 1 fully saturated rings. The van der Waals surface area contributed by atoms with Crippen LogP contribution in [0.1, 0.15) is 59.4 Å². The summed E-state index contributed by atoms with van der Waals surface area (Å²) in [5.41, 5.74) is 1.13. The second-order valence-corrected chi connectivity index (χ2v) is 12.5. The molecule has 0 bridgehead atoms. The third kappa shape index (κ3) is 17.1. The minimum Gasteiger partial charge on any atom is -0.449 e. The number of imide groups is 1. The number of rotatable bonds is 22. The van der Waals surface area contributed by atoms with Crippen molar-refractivity contribution in [1.82, 2.24) is 26.2 Å². The van der Waals surface area contributed by atoms with E-state index in [9.17, 15) is 33.6 Å². The summed E-state index contributed by atoms with van der Waals surface area (Å²) in [5.74, 6) is -1.83. The number of alkyl carbamates (subject to hydrolysis) is 2. The second kappa shape index (κ2) is 22.8. The number of ether oxygens (including phenoxy) is 4. The first-order chi connectivity index (χ1) is 24.3. The Kier molecular flexibility index (Phi) is 19.0. The van der Waals surface area contributed by atoms with E-state index in [1.165, 1.54) is 11.8 Å². The number of likely N-dealkylation sites (tertiary alicyclic amines) is 1. The van der Waals surface area contributed by atoms with E-state index in [-0.39, 0.29) is 95.6 Å². The summed E-state index contributed by atoms with van der Waals surface area (Å²) >= 11 is 0. The van der Waals surface area contributed by atoms with Gasteiger partial charge in [-0.3, -0.25) is 28.9 Å². The van der Waals surface area contributed by atoms with Gasteiger partial charge in [0.15, 0.2) is 0 Å². The van der Waals surface area contributed by atoms with Gasteiger partial charge in [0.25, 0.3) is 0 Å². The minimum absolute atomic E-state index is 0.00316. The van der Waals surface area contributed by atoms with Crippen LogP contribution in [-0.2, 0) is 49.5 Å². The van der Waals surface area contributed by atoms with Crippen LogP contribution in [0.25, 0.3) is 0 Å². The van der Waals surface area contributed by atoms with Crippen LogP contribution in [0, 0.1) is 11.8 Å². The Morgan fingerprint density at radius 3 is 1.92 bits per heavy atom. The molecule has 0 spiro atoms. The normalized spacial score (nSPS) is 13.8. The van der Waals surface area contributed by atoms with Crippen molar-refractivity contribution in [2.24, 2.45) is 11.8 Å². The van der Waals surface area contributed by atoms with Gasteiger partial charge in [-0.15, -0.1) is 0 Å². The first-order valence-corrected chi connectivity index (χ1v) is 17.1. The van der Waals surface area contributed by atoms with Gasteiger partial charge in [-0.2, -0.15) is 0 Å². The molecular weight excluding hydrogens is 668 g/mol. The highest BCUT2D eigenvalue weighted by Crippen LogP contribution is 2.12. The SMILES string of the molecule is CC(C)COC(=O)NCCNC(=O)OCc1ccc(NC(=O)[C@H](C)NC(=O)[C@@H](NC(=O)CCOCCOCCN2C(=O)CCC2=O)C(C)C)cc1. The highest BCUT2D eigenvalue weighted by Gasteiger charge is 2.28. The van der Waals surface area contributed by atoms with Gasteiger partial charge in [0.1, 0.15) is 18.7 Å². The number of anilines is 1. The molecule has 0 unspecified atom stereocenters. The quantitative estimate of drug-likeness (QED) is 0.0853. The number of amides is 7. The molecule has 1 aliphatic heterocycles. The zero-order chi connectivity index (χ0) is 37.8. The lowest BCUT2D eigenvalue weighted by atomic mass is 10.0. The smallest absolute Gasteiger partial charge is 0.407 e. The van der Waals surface area contributed by atoms with E-state index < -0.39 is 42.0 Å². The lowest BCUT2D eigenvalue weighted by Crippen LogP contribution is -2.53. The Labute approximate surface area is 298 Å². The van der Waals surface area contributed by atoms with Crippen LogP contribution in [0.5, 0.6) is 0 Å². The predicted octanol–water partition coefficient (Wildman–Crippen LogP) is 1.45. The molecule has 2 atom stereocenters. The van der Waals surface area contributed by atoms with Gasteiger partial charge in [-0.05, 0) is 36.5 Å². The lowest BCUT2D eigenvalue weighted by molar-refractivity contribution is -0.139. The van der Waals surface area contributed by atoms with Crippen LogP contribution in [0.2, 0.25) is 0 Å². The monoisotopic (exact) mass is 720 g/mol. The first-order valence-electron chi connectivity index (χ1n) is 17.1. The van der Waals surface area contributed by atoms with Crippen molar-refractivity contribution in [3.63, 3.8) is 0 Å². The molecule has 2 rings (SSSR count). The molecule has 0 aromatic heterocycles. The summed E-state index contributed by atoms with van der Waals surface area (Å²) in [6.45, 7) is 10.5. The fraction of sp³-hybridized carbons (Fsp3) is 0.618. The first kappa shape index (κ1) is 42.4. The standard InChI is InChI=1S/C34H52N6O11/c1-22(2)20-50-33(46)35-13-14-36-34(47)51-21-25-6-8-26(9-7-25)38-31(44)24(5)37-32(45)30(23(3)4)39-27(41)12-16-48-18-19-49-17-15-40-28(42)10-11-29(40)43/h6-9,22-24,30H,10-21H2,1-5H3,(H,35,46)(H,36,47)(H,37,45)(H,38,44)(H,39,41)/t24-,30-/m0/s1. The highest BCUT2D eigenvalue weighted by molar-refractivity contribution is 6.02. The number of hydrogen-bond donors (Lipinski definition) is 5. The second-order valence-electron chi connectivity index (χ2n) is 12.5. The molecule has 51 heavy (non-hydrogen) atoms. The largest absolute Gasteiger partial charge is 0.449 e. The van der Waals surface area contributed by atoms with Crippen molar-refractivity contribution >= 4 is 47.4 Å². The molecule has 5 N–H and O–H groups in total. The molecule has 284 valence electrons. The molecule has 0 saturated carbocycles. The maximum Gasteiger partial charge on any atom is 0.407 e. The number of carbonyl (C=O) groups is 7. The van der Waals surface area contributed by atoms with E-state index in [0.717, 1.165) is 0 Å². The van der Waals surface area contributed by atoms with Crippen LogP contribution >= 0.6 is 0 Å². The average molecular weight is 721 g/mol. The van der Waals surface area contributed by atoms with E-state index in [1.807, 2.05) is 13.8 Å². The molecule has 17 heteroatoms. The van der Waals surface area contributed by atoms with Crippen molar-refractivity contribution in [1.29, 1.82) is 0 Å². The van der Waals surface area contributed by atoms with Crippen molar-refractivity contribution in [3.8, 4) is 0 Å². The van der Waals surface area contributed by atoms with E-state index in [0.29, 0.717) is 17.9 Å². The molecule has 0 aliphatic carbocycles.